The molecule has 0 aliphatic rings. The van der Waals surface area contributed by atoms with E-state index in [4.69, 9.17) is 0 Å². The van der Waals surface area contributed by atoms with E-state index in [1.165, 1.54) is 64.2 Å². The molecule has 2 aromatic heterocycles. The molecule has 3 heteroatoms. The highest BCUT2D eigenvalue weighted by atomic mass is 32.1. The lowest BCUT2D eigenvalue weighted by molar-refractivity contribution is 0.745. The largest absolute Gasteiger partial charge is 0.310 e. The predicted octanol–water partition coefficient (Wildman–Crippen LogP) is 15.0. The molecule has 0 aliphatic carbocycles. The number of anilines is 3. The van der Waals surface area contributed by atoms with Gasteiger partial charge in [-0.1, -0.05) is 170 Å². The maximum atomic E-state index is 2.47. The molecule has 58 heavy (non-hydrogen) atoms. The van der Waals surface area contributed by atoms with Gasteiger partial charge in [-0.25, -0.2) is 0 Å². The zero-order valence-electron chi connectivity index (χ0n) is 31.7. The monoisotopic (exact) mass is 758 g/mol. The summed E-state index contributed by atoms with van der Waals surface area (Å²) in [5.41, 5.74) is 11.2. The van der Waals surface area contributed by atoms with E-state index < -0.39 is 5.41 Å². The highest BCUT2D eigenvalue weighted by Crippen LogP contribution is 2.49. The van der Waals surface area contributed by atoms with Crippen LogP contribution in [0.15, 0.2) is 231 Å². The van der Waals surface area contributed by atoms with Gasteiger partial charge in [0.15, 0.2) is 0 Å². The summed E-state index contributed by atoms with van der Waals surface area (Å²) in [5, 5.41) is 5.02. The molecule has 0 bridgehead atoms. The number of fused-ring (bicyclic) bond motifs is 6. The summed E-state index contributed by atoms with van der Waals surface area (Å²) in [7, 11) is 0. The van der Waals surface area contributed by atoms with E-state index in [0.29, 0.717) is 0 Å². The zero-order valence-corrected chi connectivity index (χ0v) is 32.6. The molecular weight excluding hydrogens is 721 g/mol. The van der Waals surface area contributed by atoms with Crippen molar-refractivity contribution in [2.75, 3.05) is 4.90 Å². The molecule has 0 saturated carbocycles. The Morgan fingerprint density at radius 3 is 1.52 bits per heavy atom. The second-order valence-electron chi connectivity index (χ2n) is 14.9. The fraction of sp³-hybridized carbons (Fsp3) is 0.0182. The van der Waals surface area contributed by atoms with Crippen molar-refractivity contribution in [1.82, 2.24) is 4.57 Å². The Morgan fingerprint density at radius 1 is 0.362 bits per heavy atom. The van der Waals surface area contributed by atoms with E-state index in [1.807, 2.05) is 11.3 Å². The summed E-state index contributed by atoms with van der Waals surface area (Å²) >= 11 is 1.86. The van der Waals surface area contributed by atoms with Crippen molar-refractivity contribution in [3.8, 4) is 5.69 Å². The molecule has 0 fully saturated rings. The molecular formula is C55H38N2S. The smallest absolute Gasteiger partial charge is 0.0701 e. The van der Waals surface area contributed by atoms with Gasteiger partial charge in [-0.15, -0.1) is 11.3 Å². The van der Waals surface area contributed by atoms with E-state index in [9.17, 15) is 0 Å². The van der Waals surface area contributed by atoms with Gasteiger partial charge in [-0.2, -0.15) is 0 Å². The van der Waals surface area contributed by atoms with Crippen molar-refractivity contribution in [2.45, 2.75) is 5.41 Å². The van der Waals surface area contributed by atoms with E-state index in [0.717, 1.165) is 22.7 Å². The van der Waals surface area contributed by atoms with Crippen LogP contribution in [0.25, 0.3) is 47.7 Å². The van der Waals surface area contributed by atoms with E-state index in [2.05, 4.69) is 240 Å². The van der Waals surface area contributed by atoms with Gasteiger partial charge in [0.2, 0.25) is 0 Å². The van der Waals surface area contributed by atoms with Gasteiger partial charge in [-0.3, -0.25) is 0 Å². The van der Waals surface area contributed by atoms with Crippen LogP contribution >= 0.6 is 11.3 Å². The van der Waals surface area contributed by atoms with Crippen molar-refractivity contribution >= 4 is 70.4 Å². The van der Waals surface area contributed by atoms with Gasteiger partial charge in [0, 0.05) is 48.0 Å². The van der Waals surface area contributed by atoms with Crippen LogP contribution in [0.4, 0.5) is 17.1 Å². The Kier molecular flexibility index (Phi) is 8.27. The Balaban J connectivity index is 1.17. The quantitative estimate of drug-likeness (QED) is 0.140. The molecule has 0 radical (unpaired) electrons. The topological polar surface area (TPSA) is 8.17 Å². The molecule has 0 unspecified atom stereocenters. The number of rotatable bonds is 8. The molecule has 0 spiro atoms. The van der Waals surface area contributed by atoms with Gasteiger partial charge >= 0.3 is 0 Å². The molecule has 0 aliphatic heterocycles. The standard InChI is InChI=1S/C55H38N2S/c1-5-18-39(19-6-1)55(40-20-7-2-8-21-40,41-22-9-3-10-23-41)42-32-34-44(35-33-42)56(50-29-17-31-53-54(50)48-27-14-16-30-52(48)58-53)45-36-37-47-46-26-13-15-28-49(46)57(51(47)38-45)43-24-11-4-12-25-43/h1-38H. The van der Waals surface area contributed by atoms with Crippen molar-refractivity contribution in [1.29, 1.82) is 0 Å². The first-order valence-corrected chi connectivity index (χ1v) is 20.7. The minimum Gasteiger partial charge on any atom is -0.310 e. The van der Waals surface area contributed by atoms with Crippen molar-refractivity contribution in [3.63, 3.8) is 0 Å². The number of benzene rings is 9. The third-order valence-corrected chi connectivity index (χ3v) is 12.9. The van der Waals surface area contributed by atoms with Gasteiger partial charge in [0.1, 0.15) is 0 Å². The van der Waals surface area contributed by atoms with Gasteiger partial charge in [-0.05, 0) is 82.9 Å². The van der Waals surface area contributed by atoms with Crippen LogP contribution in [0, 0.1) is 0 Å². The number of thiophene rings is 1. The van der Waals surface area contributed by atoms with Crippen molar-refractivity contribution < 1.29 is 0 Å². The van der Waals surface area contributed by atoms with Crippen LogP contribution < -0.4 is 4.90 Å². The maximum Gasteiger partial charge on any atom is 0.0701 e. The number of nitrogens with zero attached hydrogens (tertiary/aromatic N) is 2. The number of para-hydroxylation sites is 2. The Morgan fingerprint density at radius 2 is 0.862 bits per heavy atom. The summed E-state index contributed by atoms with van der Waals surface area (Å²) < 4.78 is 4.97. The van der Waals surface area contributed by atoms with Gasteiger partial charge in [0.25, 0.3) is 0 Å². The lowest BCUT2D eigenvalue weighted by Gasteiger charge is -2.37. The maximum absolute atomic E-state index is 2.47. The van der Waals surface area contributed by atoms with Crippen LogP contribution in [0.3, 0.4) is 0 Å². The Labute approximate surface area is 342 Å². The van der Waals surface area contributed by atoms with Crippen LogP contribution in [-0.2, 0) is 5.41 Å². The van der Waals surface area contributed by atoms with E-state index >= 15 is 0 Å². The summed E-state index contributed by atoms with van der Waals surface area (Å²) in [6, 6.07) is 84.2. The van der Waals surface area contributed by atoms with Crippen LogP contribution in [-0.4, -0.2) is 4.57 Å². The number of hydrogen-bond donors (Lipinski definition) is 0. The third kappa shape index (κ3) is 5.39. The molecule has 0 amide bonds. The molecule has 0 N–H and O–H groups in total. The van der Waals surface area contributed by atoms with E-state index in [1.54, 1.807) is 0 Å². The second kappa shape index (κ2) is 14.1. The Bertz CT molecular complexity index is 3110. The fourth-order valence-corrected chi connectivity index (χ4v) is 10.4. The predicted molar refractivity (Wildman–Crippen MR) is 247 cm³/mol. The summed E-state index contributed by atoms with van der Waals surface area (Å²) in [6.45, 7) is 0. The van der Waals surface area contributed by atoms with Crippen LogP contribution in [0.1, 0.15) is 22.3 Å². The minimum atomic E-state index is -0.535. The zero-order chi connectivity index (χ0) is 38.5. The third-order valence-electron chi connectivity index (χ3n) is 11.7. The van der Waals surface area contributed by atoms with Crippen molar-refractivity contribution in [3.05, 3.63) is 253 Å². The normalized spacial score (nSPS) is 11.8. The summed E-state index contributed by atoms with van der Waals surface area (Å²) in [4.78, 5) is 2.47. The fourth-order valence-electron chi connectivity index (χ4n) is 9.25. The first-order chi connectivity index (χ1) is 28.8. The molecule has 0 atom stereocenters. The van der Waals surface area contributed by atoms with Crippen molar-refractivity contribution in [2.24, 2.45) is 0 Å². The average molecular weight is 759 g/mol. The number of hydrogen-bond acceptors (Lipinski definition) is 2. The van der Waals surface area contributed by atoms with Crippen LogP contribution in [0.5, 0.6) is 0 Å². The molecule has 11 aromatic rings. The second-order valence-corrected chi connectivity index (χ2v) is 16.0. The SMILES string of the molecule is c1ccc(-n2c3ccccc3c3ccc(N(c4ccc(C(c5ccccc5)(c5ccccc5)c5ccccc5)cc4)c4cccc5sc6ccccc6c45)cc32)cc1. The summed E-state index contributed by atoms with van der Waals surface area (Å²) in [5.74, 6) is 0. The number of aromatic nitrogens is 1. The van der Waals surface area contributed by atoms with Crippen LogP contribution in [0.2, 0.25) is 0 Å². The molecule has 274 valence electrons. The lowest BCUT2D eigenvalue weighted by Crippen LogP contribution is -2.31. The average Bonchev–Trinajstić information content (AvgIpc) is 3.85. The van der Waals surface area contributed by atoms with Gasteiger partial charge < -0.3 is 9.47 Å². The first kappa shape index (κ1) is 34.1. The lowest BCUT2D eigenvalue weighted by atomic mass is 9.65. The molecule has 0 saturated heterocycles. The minimum absolute atomic E-state index is 0.535. The summed E-state index contributed by atoms with van der Waals surface area (Å²) in [6.07, 6.45) is 0. The molecule has 2 nitrogen and oxygen atoms in total. The Hall–Kier alpha value is -7.20. The highest BCUT2D eigenvalue weighted by Gasteiger charge is 2.38. The molecule has 2 heterocycles. The first-order valence-electron chi connectivity index (χ1n) is 19.9. The highest BCUT2D eigenvalue weighted by molar-refractivity contribution is 7.26. The molecule has 11 rings (SSSR count). The van der Waals surface area contributed by atoms with E-state index in [-0.39, 0.29) is 0 Å². The molecule has 9 aromatic carbocycles. The van der Waals surface area contributed by atoms with Gasteiger partial charge in [0.05, 0.1) is 22.1 Å².